The maximum Gasteiger partial charge on any atom is 0.303 e. The van der Waals surface area contributed by atoms with Gasteiger partial charge in [0.15, 0.2) is 11.6 Å². The lowest BCUT2D eigenvalue weighted by atomic mass is 9.93. The number of hydrogen-bond acceptors (Lipinski definition) is 2. The smallest absolute Gasteiger partial charge is 0.303 e. The Bertz CT molecular complexity index is 388. The second kappa shape index (κ2) is 4.29. The highest BCUT2D eigenvalue weighted by atomic mass is 19.1. The molecule has 0 radical (unpaired) electrons. The summed E-state index contributed by atoms with van der Waals surface area (Å²) in [6, 6.07) is 2.50. The molecule has 0 saturated carbocycles. The molecule has 15 heavy (non-hydrogen) atoms. The molecule has 1 atom stereocenters. The minimum absolute atomic E-state index is 0.0358. The number of hydrogen-bond donors (Lipinski definition) is 2. The van der Waals surface area contributed by atoms with Crippen LogP contribution in [0.4, 0.5) is 4.39 Å². The zero-order valence-corrected chi connectivity index (χ0v) is 8.62. The molecule has 1 rings (SSSR count). The lowest BCUT2D eigenvalue weighted by molar-refractivity contribution is -0.137. The zero-order chi connectivity index (χ0) is 11.6. The summed E-state index contributed by atoms with van der Waals surface area (Å²) < 4.78 is 12.9. The maximum absolute atomic E-state index is 12.9. The summed E-state index contributed by atoms with van der Waals surface area (Å²) in [6.45, 7) is 3.42. The van der Waals surface area contributed by atoms with Gasteiger partial charge in [-0.2, -0.15) is 0 Å². The molecule has 2 N–H and O–H groups in total. The molecule has 0 aliphatic rings. The van der Waals surface area contributed by atoms with Gasteiger partial charge in [-0.15, -0.1) is 0 Å². The van der Waals surface area contributed by atoms with Crippen LogP contribution in [0.1, 0.15) is 30.4 Å². The number of halogens is 1. The number of benzene rings is 1. The van der Waals surface area contributed by atoms with Gasteiger partial charge in [-0.25, -0.2) is 4.39 Å². The predicted molar refractivity (Wildman–Crippen MR) is 53.5 cm³/mol. The number of aryl methyl sites for hydroxylation is 1. The topological polar surface area (TPSA) is 57.5 Å². The van der Waals surface area contributed by atoms with E-state index in [9.17, 15) is 14.3 Å². The predicted octanol–water partition coefficient (Wildman–Crippen LogP) is 2.42. The normalized spacial score (nSPS) is 12.5. The number of rotatable bonds is 3. The first-order valence-corrected chi connectivity index (χ1v) is 4.62. The van der Waals surface area contributed by atoms with Crippen LogP contribution in [-0.4, -0.2) is 16.2 Å². The minimum Gasteiger partial charge on any atom is -0.505 e. The first-order valence-electron chi connectivity index (χ1n) is 4.62. The molecule has 0 bridgehead atoms. The van der Waals surface area contributed by atoms with Crippen molar-refractivity contribution in [3.63, 3.8) is 0 Å². The van der Waals surface area contributed by atoms with Crippen LogP contribution in [0.3, 0.4) is 0 Å². The van der Waals surface area contributed by atoms with Gasteiger partial charge in [-0.3, -0.25) is 4.79 Å². The second-order valence-corrected chi connectivity index (χ2v) is 3.66. The van der Waals surface area contributed by atoms with Crippen LogP contribution in [0.5, 0.6) is 5.75 Å². The first kappa shape index (κ1) is 11.5. The summed E-state index contributed by atoms with van der Waals surface area (Å²) in [6.07, 6.45) is -0.0358. The van der Waals surface area contributed by atoms with Crippen LogP contribution in [0.2, 0.25) is 0 Å². The third-order valence-corrected chi connectivity index (χ3v) is 2.35. The summed E-state index contributed by atoms with van der Waals surface area (Å²) in [5, 5.41) is 17.8. The third-order valence-electron chi connectivity index (χ3n) is 2.35. The molecule has 0 heterocycles. The maximum atomic E-state index is 12.9. The van der Waals surface area contributed by atoms with Gasteiger partial charge < -0.3 is 10.2 Å². The average molecular weight is 212 g/mol. The van der Waals surface area contributed by atoms with Crippen LogP contribution in [0, 0.1) is 12.7 Å². The van der Waals surface area contributed by atoms with E-state index in [0.717, 1.165) is 0 Å². The van der Waals surface area contributed by atoms with Crippen LogP contribution in [0.15, 0.2) is 12.1 Å². The Kier molecular flexibility index (Phi) is 3.29. The van der Waals surface area contributed by atoms with E-state index >= 15 is 0 Å². The molecule has 3 nitrogen and oxygen atoms in total. The van der Waals surface area contributed by atoms with Gasteiger partial charge in [-0.1, -0.05) is 6.92 Å². The molecule has 1 aromatic carbocycles. The first-order chi connectivity index (χ1) is 6.91. The Morgan fingerprint density at radius 2 is 2.13 bits per heavy atom. The molecule has 0 aromatic heterocycles. The van der Waals surface area contributed by atoms with E-state index in [0.29, 0.717) is 11.1 Å². The van der Waals surface area contributed by atoms with E-state index in [4.69, 9.17) is 5.11 Å². The number of carboxylic acid groups (broad SMARTS) is 1. The second-order valence-electron chi connectivity index (χ2n) is 3.66. The van der Waals surface area contributed by atoms with Crippen molar-refractivity contribution in [1.29, 1.82) is 0 Å². The summed E-state index contributed by atoms with van der Waals surface area (Å²) in [5.74, 6) is -2.27. The minimum atomic E-state index is -0.911. The number of aliphatic carboxylic acids is 1. The van der Waals surface area contributed by atoms with Crippen LogP contribution >= 0.6 is 0 Å². The Morgan fingerprint density at radius 1 is 1.53 bits per heavy atom. The third kappa shape index (κ3) is 2.68. The number of carbonyl (C=O) groups is 1. The number of carboxylic acids is 1. The van der Waals surface area contributed by atoms with Gasteiger partial charge in [0.05, 0.1) is 6.42 Å². The van der Waals surface area contributed by atoms with Crippen molar-refractivity contribution in [1.82, 2.24) is 0 Å². The molecule has 1 aromatic rings. The fraction of sp³-hybridized carbons (Fsp3) is 0.364. The van der Waals surface area contributed by atoms with Gasteiger partial charge in [0.2, 0.25) is 0 Å². The molecule has 0 aliphatic carbocycles. The molecular weight excluding hydrogens is 199 g/mol. The molecule has 4 heteroatoms. The van der Waals surface area contributed by atoms with Gasteiger partial charge in [0.25, 0.3) is 0 Å². The molecule has 0 spiro atoms. The van der Waals surface area contributed by atoms with Crippen molar-refractivity contribution in [2.45, 2.75) is 26.2 Å². The molecule has 0 amide bonds. The fourth-order valence-electron chi connectivity index (χ4n) is 1.58. The van der Waals surface area contributed by atoms with E-state index < -0.39 is 17.5 Å². The van der Waals surface area contributed by atoms with E-state index in [2.05, 4.69) is 0 Å². The van der Waals surface area contributed by atoms with Gasteiger partial charge in [0.1, 0.15) is 0 Å². The van der Waals surface area contributed by atoms with Crippen molar-refractivity contribution in [2.24, 2.45) is 0 Å². The number of phenolic OH excluding ortho intramolecular Hbond substituents is 1. The summed E-state index contributed by atoms with van der Waals surface area (Å²) in [7, 11) is 0. The van der Waals surface area contributed by atoms with Crippen LogP contribution in [0.25, 0.3) is 0 Å². The molecule has 0 saturated heterocycles. The van der Waals surface area contributed by atoms with E-state index in [1.165, 1.54) is 12.1 Å². The van der Waals surface area contributed by atoms with Gasteiger partial charge >= 0.3 is 5.97 Å². The lowest BCUT2D eigenvalue weighted by Crippen LogP contribution is -2.04. The molecular formula is C11H13FO3. The van der Waals surface area contributed by atoms with Gasteiger partial charge in [-0.05, 0) is 36.1 Å². The van der Waals surface area contributed by atoms with E-state index in [1.54, 1.807) is 13.8 Å². The molecule has 0 aliphatic heterocycles. The quantitative estimate of drug-likeness (QED) is 0.808. The Balaban J connectivity index is 3.03. The average Bonchev–Trinajstić information content (AvgIpc) is 2.09. The fourth-order valence-corrected chi connectivity index (χ4v) is 1.58. The van der Waals surface area contributed by atoms with Crippen molar-refractivity contribution in [3.05, 3.63) is 29.1 Å². The highest BCUT2D eigenvalue weighted by Gasteiger charge is 2.15. The Morgan fingerprint density at radius 3 is 2.67 bits per heavy atom. The van der Waals surface area contributed by atoms with Crippen molar-refractivity contribution < 1.29 is 19.4 Å². The molecule has 0 fully saturated rings. The monoisotopic (exact) mass is 212 g/mol. The highest BCUT2D eigenvalue weighted by molar-refractivity contribution is 5.68. The van der Waals surface area contributed by atoms with E-state index in [-0.39, 0.29) is 12.3 Å². The van der Waals surface area contributed by atoms with Crippen molar-refractivity contribution in [2.75, 3.05) is 0 Å². The lowest BCUT2D eigenvalue weighted by Gasteiger charge is -2.13. The Labute approximate surface area is 87.2 Å². The number of aromatic hydroxyl groups is 1. The van der Waals surface area contributed by atoms with Crippen LogP contribution in [-0.2, 0) is 4.79 Å². The SMILES string of the molecule is Cc1cc(F)c(O)cc1C(C)CC(=O)O. The highest BCUT2D eigenvalue weighted by Crippen LogP contribution is 2.28. The summed E-state index contributed by atoms with van der Waals surface area (Å²) in [4.78, 5) is 10.5. The van der Waals surface area contributed by atoms with Gasteiger partial charge in [0, 0.05) is 0 Å². The van der Waals surface area contributed by atoms with E-state index in [1.807, 2.05) is 0 Å². The zero-order valence-electron chi connectivity index (χ0n) is 8.62. The Hall–Kier alpha value is -1.58. The summed E-state index contributed by atoms with van der Waals surface area (Å²) >= 11 is 0. The summed E-state index contributed by atoms with van der Waals surface area (Å²) in [5.41, 5.74) is 1.32. The molecule has 1 unspecified atom stereocenters. The van der Waals surface area contributed by atoms with Crippen molar-refractivity contribution >= 4 is 5.97 Å². The largest absolute Gasteiger partial charge is 0.505 e. The van der Waals surface area contributed by atoms with Crippen LogP contribution < -0.4 is 0 Å². The number of phenols is 1. The standard InChI is InChI=1S/C11H13FO3/c1-6-3-9(12)10(13)5-8(6)7(2)4-11(14)15/h3,5,7,13H,4H2,1-2H3,(H,14,15). The molecule has 82 valence electrons. The van der Waals surface area contributed by atoms with Crippen molar-refractivity contribution in [3.8, 4) is 5.75 Å².